The summed E-state index contributed by atoms with van der Waals surface area (Å²) in [4.78, 5) is 2.44. The highest BCUT2D eigenvalue weighted by Gasteiger charge is 2.20. The summed E-state index contributed by atoms with van der Waals surface area (Å²) in [5, 5.41) is 13.4. The Hall–Kier alpha value is -3.22. The first-order valence-corrected chi connectivity index (χ1v) is 12.1. The van der Waals surface area contributed by atoms with Crippen molar-refractivity contribution in [2.45, 2.75) is 38.5 Å². The molecule has 2 aliphatic rings. The van der Waals surface area contributed by atoms with Gasteiger partial charge in [-0.2, -0.15) is 0 Å². The summed E-state index contributed by atoms with van der Waals surface area (Å²) in [6, 6.07) is 19.3. The average molecular weight is 439 g/mol. The van der Waals surface area contributed by atoms with Crippen molar-refractivity contribution in [3.05, 3.63) is 101 Å². The van der Waals surface area contributed by atoms with E-state index >= 15 is 0 Å². The molecule has 0 amide bonds. The van der Waals surface area contributed by atoms with E-state index in [0.29, 0.717) is 18.1 Å². The van der Waals surface area contributed by atoms with Gasteiger partial charge in [0.05, 0.1) is 5.76 Å². The van der Waals surface area contributed by atoms with E-state index in [4.69, 9.17) is 0 Å². The lowest BCUT2D eigenvalue weighted by Gasteiger charge is -2.33. The topological polar surface area (TPSA) is 35.5 Å². The maximum atomic E-state index is 9.92. The minimum Gasteiger partial charge on any atom is -0.512 e. The lowest BCUT2D eigenvalue weighted by Crippen LogP contribution is -2.32. The molecule has 3 heteroatoms. The largest absolute Gasteiger partial charge is 0.512 e. The highest BCUT2D eigenvalue weighted by atomic mass is 16.3. The Morgan fingerprint density at radius 2 is 1.82 bits per heavy atom. The normalized spacial score (nSPS) is 20.0. The van der Waals surface area contributed by atoms with Crippen LogP contribution in [0, 0.1) is 11.8 Å². The van der Waals surface area contributed by atoms with Crippen LogP contribution in [0.15, 0.2) is 89.7 Å². The van der Waals surface area contributed by atoms with Crippen molar-refractivity contribution in [3.63, 3.8) is 0 Å². The second-order valence-corrected chi connectivity index (χ2v) is 8.81. The Morgan fingerprint density at radius 3 is 2.55 bits per heavy atom. The van der Waals surface area contributed by atoms with Gasteiger partial charge in [-0.3, -0.25) is 0 Å². The maximum absolute atomic E-state index is 9.92. The first kappa shape index (κ1) is 23.0. The molecule has 0 unspecified atom stereocenters. The summed E-state index contributed by atoms with van der Waals surface area (Å²) in [7, 11) is 0. The van der Waals surface area contributed by atoms with Crippen molar-refractivity contribution in [2.24, 2.45) is 0 Å². The van der Waals surface area contributed by atoms with Gasteiger partial charge in [-0.25, -0.2) is 0 Å². The third kappa shape index (κ3) is 6.40. The second kappa shape index (κ2) is 11.6. The quantitative estimate of drug-likeness (QED) is 0.446. The van der Waals surface area contributed by atoms with Crippen LogP contribution in [0.3, 0.4) is 0 Å². The number of hydrogen-bond donors (Lipinski definition) is 2. The van der Waals surface area contributed by atoms with Crippen LogP contribution in [0.4, 0.5) is 5.69 Å². The number of hydrogen-bond acceptors (Lipinski definition) is 3. The van der Waals surface area contributed by atoms with Crippen LogP contribution in [-0.2, 0) is 0 Å². The molecule has 2 N–H and O–H groups in total. The van der Waals surface area contributed by atoms with E-state index in [2.05, 4.69) is 58.5 Å². The monoisotopic (exact) mass is 438 g/mol. The maximum Gasteiger partial charge on any atom is 0.0917 e. The Morgan fingerprint density at radius 1 is 1.06 bits per heavy atom. The fraction of sp³-hybridized carbons (Fsp3) is 0.333. The number of nitrogens with zero attached hydrogens (tertiary/aromatic N) is 1. The Labute approximate surface area is 198 Å². The molecule has 170 valence electrons. The fourth-order valence-corrected chi connectivity index (χ4v) is 4.58. The van der Waals surface area contributed by atoms with Gasteiger partial charge in [-0.05, 0) is 98.3 Å². The van der Waals surface area contributed by atoms with Gasteiger partial charge in [0.25, 0.3) is 0 Å². The smallest absolute Gasteiger partial charge is 0.0917 e. The molecule has 2 heterocycles. The summed E-state index contributed by atoms with van der Waals surface area (Å²) >= 11 is 0. The van der Waals surface area contributed by atoms with Crippen molar-refractivity contribution in [1.82, 2.24) is 5.32 Å². The lowest BCUT2D eigenvalue weighted by atomic mass is 9.90. The predicted molar refractivity (Wildman–Crippen MR) is 139 cm³/mol. The Kier molecular flexibility index (Phi) is 8.06. The zero-order valence-electron chi connectivity index (χ0n) is 19.6. The summed E-state index contributed by atoms with van der Waals surface area (Å²) < 4.78 is 0. The number of anilines is 1. The van der Waals surface area contributed by atoms with E-state index in [0.717, 1.165) is 38.2 Å². The highest BCUT2D eigenvalue weighted by Crippen LogP contribution is 2.30. The summed E-state index contributed by atoms with van der Waals surface area (Å²) in [6.45, 7) is 5.91. The van der Waals surface area contributed by atoms with E-state index in [1.165, 1.54) is 35.2 Å². The van der Waals surface area contributed by atoms with Gasteiger partial charge in [0.2, 0.25) is 0 Å². The predicted octanol–water partition coefficient (Wildman–Crippen LogP) is 6.12. The van der Waals surface area contributed by atoms with Crippen molar-refractivity contribution < 1.29 is 5.11 Å². The third-order valence-corrected chi connectivity index (χ3v) is 6.62. The van der Waals surface area contributed by atoms with Crippen LogP contribution in [0.1, 0.15) is 49.7 Å². The molecule has 33 heavy (non-hydrogen) atoms. The van der Waals surface area contributed by atoms with Gasteiger partial charge in [0.15, 0.2) is 0 Å². The van der Waals surface area contributed by atoms with E-state index in [-0.39, 0.29) is 0 Å². The van der Waals surface area contributed by atoms with Gasteiger partial charge in [-0.15, -0.1) is 0 Å². The summed E-state index contributed by atoms with van der Waals surface area (Å²) in [5.41, 5.74) is 6.27. The molecule has 2 saturated heterocycles. The second-order valence-electron chi connectivity index (χ2n) is 8.81. The molecule has 0 atom stereocenters. The van der Waals surface area contributed by atoms with Crippen LogP contribution >= 0.6 is 0 Å². The van der Waals surface area contributed by atoms with Crippen LogP contribution < -0.4 is 10.2 Å². The number of piperidine rings is 2. The lowest BCUT2D eigenvalue weighted by molar-refractivity contribution is 0.400. The van der Waals surface area contributed by atoms with Crippen molar-refractivity contribution in [1.29, 1.82) is 0 Å². The van der Waals surface area contributed by atoms with E-state index in [1.54, 1.807) is 6.08 Å². The zero-order valence-corrected chi connectivity index (χ0v) is 19.6. The molecule has 0 spiro atoms. The third-order valence-electron chi connectivity index (χ3n) is 6.62. The van der Waals surface area contributed by atoms with Crippen LogP contribution in [0.25, 0.3) is 0 Å². The number of rotatable bonds is 4. The minimum atomic E-state index is 0.410. The van der Waals surface area contributed by atoms with Crippen LogP contribution in [0.2, 0.25) is 0 Å². The highest BCUT2D eigenvalue weighted by molar-refractivity contribution is 5.54. The molecule has 2 aromatic rings. The minimum absolute atomic E-state index is 0.410. The molecule has 2 aromatic carbocycles. The van der Waals surface area contributed by atoms with Gasteiger partial charge in [0, 0.05) is 30.8 Å². The molecular weight excluding hydrogens is 404 g/mol. The number of benzene rings is 2. The van der Waals surface area contributed by atoms with Crippen LogP contribution in [0.5, 0.6) is 0 Å². The van der Waals surface area contributed by atoms with Gasteiger partial charge in [-0.1, -0.05) is 48.2 Å². The molecule has 2 fully saturated rings. The number of nitrogens with one attached hydrogen (secondary N) is 1. The van der Waals surface area contributed by atoms with E-state index < -0.39 is 0 Å². The SMILES string of the molecule is C/C=C(/O)C/C=C1/CCN(c2ccc(C3CCNCC3)cc2)C/C1=C\C#Cc1ccccc1. The molecule has 3 nitrogen and oxygen atoms in total. The van der Waals surface area contributed by atoms with Crippen molar-refractivity contribution in [3.8, 4) is 11.8 Å². The molecular formula is C30H34N2O. The standard InChI is InChI=1S/C30H34N2O/c1-2-30(33)16-13-26-19-22-32(23-28(26)10-6-9-24-7-4-3-5-8-24)29-14-11-25(12-15-29)27-17-20-31-21-18-27/h2-5,7-8,10-15,27,31,33H,16-23H2,1H3/b26-13-,28-10+,30-2+. The molecule has 0 aromatic heterocycles. The van der Waals surface area contributed by atoms with Gasteiger partial charge < -0.3 is 15.3 Å². The molecule has 2 aliphatic heterocycles. The summed E-state index contributed by atoms with van der Waals surface area (Å²) in [6.07, 6.45) is 9.94. The Balaban J connectivity index is 1.52. The molecule has 0 aliphatic carbocycles. The average Bonchev–Trinajstić information content (AvgIpc) is 2.89. The first-order valence-electron chi connectivity index (χ1n) is 12.1. The van der Waals surface area contributed by atoms with Gasteiger partial charge >= 0.3 is 0 Å². The molecule has 4 rings (SSSR count). The number of aliphatic hydroxyl groups is 1. The Bertz CT molecular complexity index is 1060. The summed E-state index contributed by atoms with van der Waals surface area (Å²) in [5.74, 6) is 7.60. The number of aliphatic hydroxyl groups excluding tert-OH is 1. The number of allylic oxidation sites excluding steroid dienone is 3. The first-order chi connectivity index (χ1) is 16.2. The van der Waals surface area contributed by atoms with E-state index in [1.807, 2.05) is 37.3 Å². The zero-order chi connectivity index (χ0) is 22.9. The van der Waals surface area contributed by atoms with Gasteiger partial charge in [0.1, 0.15) is 0 Å². The van der Waals surface area contributed by atoms with E-state index in [9.17, 15) is 5.11 Å². The fourth-order valence-electron chi connectivity index (χ4n) is 4.58. The van der Waals surface area contributed by atoms with Crippen LogP contribution in [-0.4, -0.2) is 31.3 Å². The van der Waals surface area contributed by atoms with Crippen molar-refractivity contribution >= 4 is 5.69 Å². The van der Waals surface area contributed by atoms with Crippen molar-refractivity contribution in [2.75, 3.05) is 31.1 Å². The molecule has 0 saturated carbocycles. The molecule has 0 bridgehead atoms. The molecule has 0 radical (unpaired) electrons.